The van der Waals surface area contributed by atoms with Crippen LogP contribution in [0.4, 0.5) is 5.69 Å². The van der Waals surface area contributed by atoms with Gasteiger partial charge < -0.3 is 14.6 Å². The Morgan fingerprint density at radius 3 is 2.33 bits per heavy atom. The van der Waals surface area contributed by atoms with E-state index in [1.165, 1.54) is 24.3 Å². The molecule has 30 heavy (non-hydrogen) atoms. The van der Waals surface area contributed by atoms with Crippen molar-refractivity contribution < 1.29 is 18.8 Å². The number of aryl methyl sites for hydroxylation is 1. The largest absolute Gasteiger partial charge is 0.457 e. The van der Waals surface area contributed by atoms with E-state index >= 15 is 0 Å². The molecule has 0 aliphatic carbocycles. The Hall–Kier alpha value is -4.26. The quantitative estimate of drug-likeness (QED) is 0.400. The Balaban J connectivity index is 1.48. The van der Waals surface area contributed by atoms with E-state index < -0.39 is 17.3 Å². The molecular weight excluding hydrogens is 384 g/mol. The van der Waals surface area contributed by atoms with E-state index in [1.54, 1.807) is 25.1 Å². The van der Waals surface area contributed by atoms with Crippen LogP contribution in [0.1, 0.15) is 16.1 Å². The first-order valence-corrected chi connectivity index (χ1v) is 9.10. The summed E-state index contributed by atoms with van der Waals surface area (Å²) in [6.45, 7) is 1.68. The molecule has 0 radical (unpaired) electrons. The number of hydrogen-bond donors (Lipinski definition) is 1. The van der Waals surface area contributed by atoms with Crippen LogP contribution in [-0.2, 0) is 4.79 Å². The van der Waals surface area contributed by atoms with Gasteiger partial charge >= 0.3 is 5.63 Å². The van der Waals surface area contributed by atoms with E-state index in [0.717, 1.165) is 0 Å². The Morgan fingerprint density at radius 1 is 0.900 bits per heavy atom. The van der Waals surface area contributed by atoms with Gasteiger partial charge in [-0.1, -0.05) is 23.4 Å². The van der Waals surface area contributed by atoms with Crippen LogP contribution in [0.5, 0.6) is 11.5 Å². The molecule has 7 nitrogen and oxygen atoms in total. The number of ether oxygens (including phenoxy) is 1. The van der Waals surface area contributed by atoms with E-state index in [4.69, 9.17) is 4.74 Å². The van der Waals surface area contributed by atoms with Gasteiger partial charge in [-0.15, -0.1) is 0 Å². The number of hydrogen-bond acceptors (Lipinski definition) is 6. The third kappa shape index (κ3) is 3.95. The number of carbonyl (C=O) groups is 2. The molecule has 0 unspecified atom stereocenters. The summed E-state index contributed by atoms with van der Waals surface area (Å²) in [6.07, 6.45) is 0. The van der Waals surface area contributed by atoms with E-state index in [9.17, 15) is 14.4 Å². The Morgan fingerprint density at radius 2 is 1.60 bits per heavy atom. The molecule has 0 bridgehead atoms. The molecule has 0 saturated heterocycles. The number of ketones is 1. The van der Waals surface area contributed by atoms with Gasteiger partial charge in [0.05, 0.1) is 11.1 Å². The second kappa shape index (κ2) is 8.00. The van der Waals surface area contributed by atoms with Crippen molar-refractivity contribution in [2.75, 3.05) is 5.32 Å². The number of benzene rings is 3. The van der Waals surface area contributed by atoms with Crippen LogP contribution in [0.15, 0.2) is 82.1 Å². The fraction of sp³-hybridized carbons (Fsp3) is 0.0435. The number of rotatable bonds is 5. The summed E-state index contributed by atoms with van der Waals surface area (Å²) >= 11 is 0. The zero-order chi connectivity index (χ0) is 21.1. The van der Waals surface area contributed by atoms with Crippen molar-refractivity contribution in [3.8, 4) is 11.5 Å². The standard InChI is InChI=1S/C23H16N2O5/c1-14-20-13-16(9-12-19(20)23(28)30-25-14)24-22(27)21(26)15-7-10-18(11-8-15)29-17-5-3-2-4-6-17/h2-13H,1H3,(H,24,27). The number of fused-ring (bicyclic) bond motifs is 1. The number of amides is 1. The predicted octanol–water partition coefficient (Wildman–Crippen LogP) is 4.11. The second-order valence-corrected chi connectivity index (χ2v) is 6.54. The van der Waals surface area contributed by atoms with Crippen molar-refractivity contribution in [1.29, 1.82) is 0 Å². The van der Waals surface area contributed by atoms with Gasteiger partial charge in [0.15, 0.2) is 0 Å². The summed E-state index contributed by atoms with van der Waals surface area (Å²) in [5.74, 6) is -0.262. The zero-order valence-electron chi connectivity index (χ0n) is 15.9. The third-order valence-corrected chi connectivity index (χ3v) is 4.45. The molecule has 1 aromatic heterocycles. The molecule has 0 aliphatic rings. The molecule has 4 rings (SSSR count). The molecule has 7 heteroatoms. The highest BCUT2D eigenvalue weighted by Gasteiger charge is 2.17. The fourth-order valence-corrected chi connectivity index (χ4v) is 2.93. The Kier molecular flexibility index (Phi) is 5.09. The molecule has 0 atom stereocenters. The van der Waals surface area contributed by atoms with Crippen LogP contribution < -0.4 is 15.7 Å². The normalized spacial score (nSPS) is 10.6. The zero-order valence-corrected chi connectivity index (χ0v) is 15.9. The van der Waals surface area contributed by atoms with Crippen molar-refractivity contribution in [3.63, 3.8) is 0 Å². The van der Waals surface area contributed by atoms with Crippen LogP contribution in [0.2, 0.25) is 0 Å². The summed E-state index contributed by atoms with van der Waals surface area (Å²) in [4.78, 5) is 36.6. The molecular formula is C23H16N2O5. The number of anilines is 1. The van der Waals surface area contributed by atoms with Gasteiger partial charge in [-0.3, -0.25) is 9.59 Å². The molecule has 3 aromatic carbocycles. The van der Waals surface area contributed by atoms with E-state index in [1.807, 2.05) is 30.3 Å². The highest BCUT2D eigenvalue weighted by Crippen LogP contribution is 2.22. The first-order valence-electron chi connectivity index (χ1n) is 9.10. The van der Waals surface area contributed by atoms with Crippen LogP contribution in [0, 0.1) is 6.92 Å². The van der Waals surface area contributed by atoms with E-state index in [0.29, 0.717) is 33.7 Å². The van der Waals surface area contributed by atoms with Gasteiger partial charge in [-0.25, -0.2) is 4.79 Å². The van der Waals surface area contributed by atoms with Gasteiger partial charge in [-0.05, 0) is 61.5 Å². The van der Waals surface area contributed by atoms with Crippen molar-refractivity contribution in [2.45, 2.75) is 6.92 Å². The molecule has 1 heterocycles. The predicted molar refractivity (Wildman–Crippen MR) is 111 cm³/mol. The number of aromatic nitrogens is 1. The van der Waals surface area contributed by atoms with Gasteiger partial charge in [0, 0.05) is 16.6 Å². The Bertz CT molecular complexity index is 1290. The highest BCUT2D eigenvalue weighted by atomic mass is 16.5. The number of nitrogens with zero attached hydrogens (tertiary/aromatic N) is 1. The van der Waals surface area contributed by atoms with Gasteiger partial charge in [-0.2, -0.15) is 0 Å². The molecule has 0 fully saturated rings. The monoisotopic (exact) mass is 400 g/mol. The molecule has 0 aliphatic heterocycles. The second-order valence-electron chi connectivity index (χ2n) is 6.54. The van der Waals surface area contributed by atoms with Crippen molar-refractivity contribution >= 4 is 28.2 Å². The highest BCUT2D eigenvalue weighted by molar-refractivity contribution is 6.46. The summed E-state index contributed by atoms with van der Waals surface area (Å²) in [6, 6.07) is 20.2. The van der Waals surface area contributed by atoms with Crippen LogP contribution in [0.3, 0.4) is 0 Å². The van der Waals surface area contributed by atoms with Crippen molar-refractivity contribution in [1.82, 2.24) is 5.16 Å². The average molecular weight is 400 g/mol. The maximum atomic E-state index is 12.5. The lowest BCUT2D eigenvalue weighted by atomic mass is 10.1. The molecule has 0 saturated carbocycles. The minimum absolute atomic E-state index is 0.229. The smallest absolute Gasteiger partial charge is 0.366 e. The van der Waals surface area contributed by atoms with Gasteiger partial charge in [0.25, 0.3) is 11.7 Å². The minimum atomic E-state index is -0.792. The van der Waals surface area contributed by atoms with E-state index in [2.05, 4.69) is 15.0 Å². The molecule has 0 spiro atoms. The minimum Gasteiger partial charge on any atom is -0.457 e. The van der Waals surface area contributed by atoms with Crippen molar-refractivity contribution in [2.24, 2.45) is 0 Å². The van der Waals surface area contributed by atoms with Gasteiger partial charge in [0.2, 0.25) is 0 Å². The summed E-state index contributed by atoms with van der Waals surface area (Å²) < 4.78 is 10.4. The summed E-state index contributed by atoms with van der Waals surface area (Å²) in [5, 5.41) is 7.11. The lowest BCUT2D eigenvalue weighted by Crippen LogP contribution is -2.22. The number of carbonyl (C=O) groups excluding carboxylic acids is 2. The lowest BCUT2D eigenvalue weighted by molar-refractivity contribution is -0.112. The molecule has 1 N–H and O–H groups in total. The van der Waals surface area contributed by atoms with E-state index in [-0.39, 0.29) is 5.56 Å². The number of para-hydroxylation sites is 1. The summed E-state index contributed by atoms with van der Waals surface area (Å²) in [7, 11) is 0. The van der Waals surface area contributed by atoms with Crippen molar-refractivity contribution in [3.05, 3.63) is 94.5 Å². The number of Topliss-reactive ketones (excluding diaryl/α,β-unsaturated/α-hetero) is 1. The third-order valence-electron chi connectivity index (χ3n) is 4.45. The van der Waals surface area contributed by atoms with Crippen LogP contribution in [0.25, 0.3) is 10.8 Å². The average Bonchev–Trinajstić information content (AvgIpc) is 2.77. The van der Waals surface area contributed by atoms with Crippen LogP contribution in [-0.4, -0.2) is 16.8 Å². The first-order chi connectivity index (χ1) is 14.5. The maximum Gasteiger partial charge on any atom is 0.366 e. The summed E-state index contributed by atoms with van der Waals surface area (Å²) in [5.41, 5.74) is 0.538. The number of nitrogens with one attached hydrogen (secondary N) is 1. The Labute approximate surface area is 170 Å². The lowest BCUT2D eigenvalue weighted by Gasteiger charge is -2.08. The first kappa shape index (κ1) is 19.1. The molecule has 148 valence electrons. The SMILES string of the molecule is Cc1noc(=O)c2ccc(NC(=O)C(=O)c3ccc(Oc4ccccc4)cc3)cc12. The topological polar surface area (TPSA) is 98.5 Å². The van der Waals surface area contributed by atoms with Crippen LogP contribution >= 0.6 is 0 Å². The fourth-order valence-electron chi connectivity index (χ4n) is 2.93. The maximum absolute atomic E-state index is 12.5. The molecule has 4 aromatic rings. The van der Waals surface area contributed by atoms with Gasteiger partial charge in [0.1, 0.15) is 11.5 Å². The molecule has 1 amide bonds.